The van der Waals surface area contributed by atoms with Crippen LogP contribution < -0.4 is 10.6 Å². The van der Waals surface area contributed by atoms with Gasteiger partial charge in [-0.15, -0.1) is 0 Å². The van der Waals surface area contributed by atoms with Crippen LogP contribution >= 0.6 is 11.8 Å². The summed E-state index contributed by atoms with van der Waals surface area (Å²) in [6.45, 7) is 6.85. The Kier molecular flexibility index (Phi) is 6.22. The van der Waals surface area contributed by atoms with Gasteiger partial charge in [0.2, 0.25) is 5.91 Å². The van der Waals surface area contributed by atoms with Crippen molar-refractivity contribution in [1.82, 2.24) is 5.32 Å². The van der Waals surface area contributed by atoms with E-state index in [2.05, 4.69) is 36.8 Å². The lowest BCUT2D eigenvalue weighted by Crippen LogP contribution is -2.25. The van der Waals surface area contributed by atoms with Crippen molar-refractivity contribution in [2.45, 2.75) is 32.1 Å². The molecule has 1 amide bonds. The van der Waals surface area contributed by atoms with Crippen molar-refractivity contribution in [2.75, 3.05) is 18.1 Å². The van der Waals surface area contributed by atoms with Crippen LogP contribution in [0.3, 0.4) is 0 Å². The van der Waals surface area contributed by atoms with Gasteiger partial charge in [-0.2, -0.15) is 11.8 Å². The summed E-state index contributed by atoms with van der Waals surface area (Å²) in [6.07, 6.45) is 2.12. The van der Waals surface area contributed by atoms with Gasteiger partial charge in [0.05, 0.1) is 0 Å². The molecule has 3 nitrogen and oxygen atoms in total. The van der Waals surface area contributed by atoms with Crippen molar-refractivity contribution in [2.24, 2.45) is 0 Å². The molecule has 1 aromatic rings. The lowest BCUT2D eigenvalue weighted by atomic mass is 10.1. The maximum atomic E-state index is 11.0. The second-order valence-electron chi connectivity index (χ2n) is 4.48. The number of thioether (sulfide) groups is 1. The summed E-state index contributed by atoms with van der Waals surface area (Å²) in [5.41, 5.74) is 2.04. The average molecular weight is 266 g/mol. The average Bonchev–Trinajstić information content (AvgIpc) is 2.35. The number of carbonyl (C=O) groups is 1. The highest BCUT2D eigenvalue weighted by atomic mass is 32.2. The zero-order valence-corrected chi connectivity index (χ0v) is 12.3. The van der Waals surface area contributed by atoms with Gasteiger partial charge in [0.15, 0.2) is 0 Å². The fourth-order valence-electron chi connectivity index (χ4n) is 1.63. The zero-order valence-electron chi connectivity index (χ0n) is 11.5. The number of hydrogen-bond acceptors (Lipinski definition) is 3. The van der Waals surface area contributed by atoms with Crippen LogP contribution in [0.1, 0.15) is 32.4 Å². The summed E-state index contributed by atoms with van der Waals surface area (Å²) < 4.78 is 0. The van der Waals surface area contributed by atoms with E-state index in [-0.39, 0.29) is 11.9 Å². The van der Waals surface area contributed by atoms with E-state index in [0.29, 0.717) is 5.25 Å². The molecule has 1 aromatic carbocycles. The summed E-state index contributed by atoms with van der Waals surface area (Å²) in [5, 5.41) is 6.90. The van der Waals surface area contributed by atoms with E-state index < -0.39 is 0 Å². The summed E-state index contributed by atoms with van der Waals surface area (Å²) >= 11 is 1.85. The monoisotopic (exact) mass is 266 g/mol. The molecule has 18 heavy (non-hydrogen) atoms. The van der Waals surface area contributed by atoms with E-state index in [9.17, 15) is 4.79 Å². The maximum Gasteiger partial charge on any atom is 0.221 e. The second-order valence-corrected chi connectivity index (χ2v) is 5.76. The molecule has 0 saturated heterocycles. The van der Waals surface area contributed by atoms with Crippen LogP contribution in [-0.2, 0) is 4.79 Å². The van der Waals surface area contributed by atoms with E-state index in [1.165, 1.54) is 12.5 Å². The van der Waals surface area contributed by atoms with Crippen LogP contribution in [0, 0.1) is 0 Å². The van der Waals surface area contributed by atoms with Crippen LogP contribution in [0.25, 0.3) is 0 Å². The van der Waals surface area contributed by atoms with Crippen molar-refractivity contribution >= 4 is 23.4 Å². The van der Waals surface area contributed by atoms with Gasteiger partial charge in [-0.25, -0.2) is 0 Å². The Labute approximate surface area is 114 Å². The third kappa shape index (κ3) is 5.10. The molecule has 0 radical (unpaired) electrons. The Balaban J connectivity index is 2.62. The molecule has 2 N–H and O–H groups in total. The predicted octanol–water partition coefficient (Wildman–Crippen LogP) is 3.05. The van der Waals surface area contributed by atoms with Gasteiger partial charge in [-0.3, -0.25) is 4.79 Å². The van der Waals surface area contributed by atoms with Crippen molar-refractivity contribution in [1.29, 1.82) is 0 Å². The molecule has 1 rings (SSSR count). The van der Waals surface area contributed by atoms with Crippen LogP contribution in [0.4, 0.5) is 5.69 Å². The molecule has 0 aromatic heterocycles. The first-order chi connectivity index (χ1) is 8.52. The lowest BCUT2D eigenvalue weighted by Gasteiger charge is -2.17. The summed E-state index contributed by atoms with van der Waals surface area (Å²) in [7, 11) is 0. The Bertz CT molecular complexity index is 395. The van der Waals surface area contributed by atoms with E-state index in [4.69, 9.17) is 0 Å². The quantitative estimate of drug-likeness (QED) is 0.831. The van der Waals surface area contributed by atoms with Gasteiger partial charge >= 0.3 is 0 Å². The Morgan fingerprint density at radius 2 is 2.11 bits per heavy atom. The molecule has 0 unspecified atom stereocenters. The predicted molar refractivity (Wildman–Crippen MR) is 80.1 cm³/mol. The van der Waals surface area contributed by atoms with E-state index in [1.54, 1.807) is 0 Å². The number of carbonyl (C=O) groups excluding carboxylic acids is 1. The van der Waals surface area contributed by atoms with Crippen molar-refractivity contribution in [3.8, 4) is 0 Å². The Morgan fingerprint density at radius 1 is 1.39 bits per heavy atom. The van der Waals surface area contributed by atoms with Gasteiger partial charge in [-0.1, -0.05) is 19.1 Å². The van der Waals surface area contributed by atoms with Crippen molar-refractivity contribution in [3.05, 3.63) is 29.8 Å². The molecule has 0 bridgehead atoms. The van der Waals surface area contributed by atoms with Crippen molar-refractivity contribution in [3.63, 3.8) is 0 Å². The van der Waals surface area contributed by atoms with Crippen LogP contribution in [0.2, 0.25) is 0 Å². The standard InChI is InChI=1S/C14H22N2OS/c1-10(18-4)9-15-11(2)13-6-5-7-14(8-13)16-12(3)17/h5-8,10-11,15H,9H2,1-4H3,(H,16,17)/t10-,11+/m0/s1. The van der Waals surface area contributed by atoms with Gasteiger partial charge in [0, 0.05) is 30.4 Å². The molecule has 100 valence electrons. The van der Waals surface area contributed by atoms with Crippen LogP contribution in [-0.4, -0.2) is 24.0 Å². The topological polar surface area (TPSA) is 41.1 Å². The van der Waals surface area contributed by atoms with Crippen LogP contribution in [0.5, 0.6) is 0 Å². The SMILES string of the molecule is CS[C@@H](C)CN[C@H](C)c1cccc(NC(C)=O)c1. The lowest BCUT2D eigenvalue weighted by molar-refractivity contribution is -0.114. The molecule has 0 aliphatic heterocycles. The first-order valence-corrected chi connectivity index (χ1v) is 7.45. The largest absolute Gasteiger partial charge is 0.326 e. The summed E-state index contributed by atoms with van der Waals surface area (Å²) in [4.78, 5) is 11.0. The number of hydrogen-bond donors (Lipinski definition) is 2. The number of benzene rings is 1. The Hall–Kier alpha value is -1.00. The molecule has 0 heterocycles. The summed E-state index contributed by atoms with van der Waals surface area (Å²) in [5.74, 6) is -0.0382. The third-order valence-electron chi connectivity index (χ3n) is 2.82. The first kappa shape index (κ1) is 15.1. The highest BCUT2D eigenvalue weighted by molar-refractivity contribution is 7.99. The molecule has 4 heteroatoms. The molecule has 0 aliphatic rings. The smallest absolute Gasteiger partial charge is 0.221 e. The Morgan fingerprint density at radius 3 is 2.72 bits per heavy atom. The third-order valence-corrected chi connectivity index (χ3v) is 3.79. The molecular formula is C14H22N2OS. The molecule has 0 aliphatic carbocycles. The number of anilines is 1. The molecule has 0 fully saturated rings. The highest BCUT2D eigenvalue weighted by Crippen LogP contribution is 2.18. The fourth-order valence-corrected chi connectivity index (χ4v) is 1.90. The minimum absolute atomic E-state index is 0.0382. The van der Waals surface area contributed by atoms with Gasteiger partial charge < -0.3 is 10.6 Å². The highest BCUT2D eigenvalue weighted by Gasteiger charge is 2.07. The summed E-state index contributed by atoms with van der Waals surface area (Å²) in [6, 6.07) is 8.25. The number of amides is 1. The van der Waals surface area contributed by atoms with Gasteiger partial charge in [-0.05, 0) is 30.9 Å². The molecule has 0 saturated carbocycles. The molecular weight excluding hydrogens is 244 g/mol. The van der Waals surface area contributed by atoms with E-state index >= 15 is 0 Å². The minimum Gasteiger partial charge on any atom is -0.326 e. The van der Waals surface area contributed by atoms with Gasteiger partial charge in [0.1, 0.15) is 0 Å². The fraction of sp³-hybridized carbons (Fsp3) is 0.500. The zero-order chi connectivity index (χ0) is 13.5. The van der Waals surface area contributed by atoms with E-state index in [1.807, 2.05) is 30.0 Å². The number of rotatable bonds is 6. The normalized spacial score (nSPS) is 14.0. The second kappa shape index (κ2) is 7.44. The van der Waals surface area contributed by atoms with Crippen LogP contribution in [0.15, 0.2) is 24.3 Å². The van der Waals surface area contributed by atoms with E-state index in [0.717, 1.165) is 12.2 Å². The minimum atomic E-state index is -0.0382. The van der Waals surface area contributed by atoms with Gasteiger partial charge in [0.25, 0.3) is 0 Å². The molecule has 0 spiro atoms. The first-order valence-electron chi connectivity index (χ1n) is 6.16. The molecule has 2 atom stereocenters. The van der Waals surface area contributed by atoms with Crippen molar-refractivity contribution < 1.29 is 4.79 Å². The maximum absolute atomic E-state index is 11.0. The number of nitrogens with one attached hydrogen (secondary N) is 2.